The molecule has 1 rings (SSSR count). The number of halogens is 1. The van der Waals surface area contributed by atoms with E-state index in [2.05, 4.69) is 41.9 Å². The minimum Gasteiger partial charge on any atom is -0.481 e. The van der Waals surface area contributed by atoms with Gasteiger partial charge < -0.3 is 5.11 Å². The lowest BCUT2D eigenvalue weighted by molar-refractivity contribution is -0.137. The van der Waals surface area contributed by atoms with E-state index in [1.165, 1.54) is 16.7 Å². The van der Waals surface area contributed by atoms with Crippen LogP contribution in [0.5, 0.6) is 0 Å². The van der Waals surface area contributed by atoms with Gasteiger partial charge in [-0.05, 0) is 55.5 Å². The van der Waals surface area contributed by atoms with Crippen LogP contribution in [0.2, 0.25) is 0 Å². The van der Waals surface area contributed by atoms with Gasteiger partial charge in [-0.1, -0.05) is 15.9 Å². The van der Waals surface area contributed by atoms with Gasteiger partial charge in [0.05, 0.1) is 0 Å². The number of carboxylic acid groups (broad SMARTS) is 1. The largest absolute Gasteiger partial charge is 0.481 e. The highest BCUT2D eigenvalue weighted by atomic mass is 79.9. The van der Waals surface area contributed by atoms with Crippen LogP contribution in [0.3, 0.4) is 0 Å². The molecule has 0 aliphatic heterocycles. The van der Waals surface area contributed by atoms with Gasteiger partial charge in [-0.25, -0.2) is 0 Å². The molecule has 0 saturated heterocycles. The Labute approximate surface area is 98.4 Å². The Kier molecular flexibility index (Phi) is 4.33. The molecule has 0 fully saturated rings. The summed E-state index contributed by atoms with van der Waals surface area (Å²) in [5, 5.41) is 8.56. The van der Waals surface area contributed by atoms with E-state index in [1.807, 2.05) is 0 Å². The number of carboxylic acids is 1. The number of carbonyl (C=O) groups is 1. The summed E-state index contributed by atoms with van der Waals surface area (Å²) in [5.41, 5.74) is 3.75. The average Bonchev–Trinajstić information content (AvgIpc) is 2.12. The van der Waals surface area contributed by atoms with Crippen molar-refractivity contribution in [3.63, 3.8) is 0 Å². The molecule has 1 N–H and O–H groups in total. The first-order valence-corrected chi connectivity index (χ1v) is 5.77. The molecule has 0 unspecified atom stereocenters. The first kappa shape index (κ1) is 12.2. The predicted octanol–water partition coefficient (Wildman–Crippen LogP) is 3.47. The number of aryl methyl sites for hydroxylation is 2. The van der Waals surface area contributed by atoms with Crippen molar-refractivity contribution in [2.24, 2.45) is 0 Å². The van der Waals surface area contributed by atoms with E-state index in [0.717, 1.165) is 10.9 Å². The van der Waals surface area contributed by atoms with Gasteiger partial charge in [0, 0.05) is 10.9 Å². The second-order valence-corrected chi connectivity index (χ2v) is 4.67. The molecule has 82 valence electrons. The minimum absolute atomic E-state index is 0.241. The molecule has 0 saturated carbocycles. The Balaban J connectivity index is 2.72. The zero-order valence-electron chi connectivity index (χ0n) is 9.01. The molecule has 15 heavy (non-hydrogen) atoms. The van der Waals surface area contributed by atoms with E-state index < -0.39 is 5.97 Å². The van der Waals surface area contributed by atoms with Crippen molar-refractivity contribution in [2.75, 3.05) is 0 Å². The lowest BCUT2D eigenvalue weighted by Crippen LogP contribution is -1.98. The van der Waals surface area contributed by atoms with Crippen LogP contribution >= 0.6 is 15.9 Å². The van der Waals surface area contributed by atoms with Gasteiger partial charge in [0.15, 0.2) is 0 Å². The first-order valence-electron chi connectivity index (χ1n) is 4.98. The quantitative estimate of drug-likeness (QED) is 0.910. The van der Waals surface area contributed by atoms with E-state index >= 15 is 0 Å². The summed E-state index contributed by atoms with van der Waals surface area (Å²) in [4.78, 5) is 10.4. The molecule has 0 amide bonds. The number of benzene rings is 1. The Hall–Kier alpha value is -0.830. The maximum Gasteiger partial charge on any atom is 0.303 e. The molecule has 3 heteroatoms. The fourth-order valence-electron chi connectivity index (χ4n) is 1.57. The molecule has 0 heterocycles. The third-order valence-electron chi connectivity index (χ3n) is 2.58. The van der Waals surface area contributed by atoms with E-state index in [-0.39, 0.29) is 6.42 Å². The SMILES string of the molecule is Cc1cc(Br)cc(CCCC(=O)O)c1C. The number of rotatable bonds is 4. The Morgan fingerprint density at radius 3 is 2.67 bits per heavy atom. The molecule has 0 aromatic heterocycles. The van der Waals surface area contributed by atoms with Crippen LogP contribution in [0.15, 0.2) is 16.6 Å². The van der Waals surface area contributed by atoms with Crippen LogP contribution < -0.4 is 0 Å². The number of hydrogen-bond acceptors (Lipinski definition) is 1. The van der Waals surface area contributed by atoms with Crippen LogP contribution in [0.1, 0.15) is 29.5 Å². The summed E-state index contributed by atoms with van der Waals surface area (Å²) in [6, 6.07) is 4.15. The molecule has 1 aromatic rings. The molecule has 0 bridgehead atoms. The van der Waals surface area contributed by atoms with Gasteiger partial charge >= 0.3 is 5.97 Å². The lowest BCUT2D eigenvalue weighted by Gasteiger charge is -2.09. The lowest BCUT2D eigenvalue weighted by atomic mass is 9.99. The van der Waals surface area contributed by atoms with E-state index in [0.29, 0.717) is 6.42 Å². The van der Waals surface area contributed by atoms with Gasteiger partial charge in [-0.3, -0.25) is 4.79 Å². The molecule has 1 aromatic carbocycles. The Morgan fingerprint density at radius 1 is 1.40 bits per heavy atom. The third kappa shape index (κ3) is 3.67. The van der Waals surface area contributed by atoms with E-state index in [1.54, 1.807) is 0 Å². The van der Waals surface area contributed by atoms with Gasteiger partial charge in [0.1, 0.15) is 0 Å². The van der Waals surface area contributed by atoms with Crippen LogP contribution in [0.25, 0.3) is 0 Å². The van der Waals surface area contributed by atoms with Crippen molar-refractivity contribution < 1.29 is 9.90 Å². The summed E-state index contributed by atoms with van der Waals surface area (Å²) in [7, 11) is 0. The topological polar surface area (TPSA) is 37.3 Å². The average molecular weight is 271 g/mol. The molecule has 0 aliphatic carbocycles. The van der Waals surface area contributed by atoms with E-state index in [4.69, 9.17) is 5.11 Å². The van der Waals surface area contributed by atoms with Gasteiger partial charge in [0.2, 0.25) is 0 Å². The first-order chi connectivity index (χ1) is 7.00. The highest BCUT2D eigenvalue weighted by Gasteiger charge is 2.04. The Morgan fingerprint density at radius 2 is 2.07 bits per heavy atom. The van der Waals surface area contributed by atoms with Crippen molar-refractivity contribution in [2.45, 2.75) is 33.1 Å². The Bertz CT molecular complexity index is 372. The van der Waals surface area contributed by atoms with Crippen molar-refractivity contribution in [3.8, 4) is 0 Å². The normalized spacial score (nSPS) is 10.3. The van der Waals surface area contributed by atoms with Crippen molar-refractivity contribution in [3.05, 3.63) is 33.3 Å². The van der Waals surface area contributed by atoms with Crippen LogP contribution in [0.4, 0.5) is 0 Å². The van der Waals surface area contributed by atoms with Gasteiger partial charge in [-0.2, -0.15) is 0 Å². The maximum atomic E-state index is 10.4. The second-order valence-electron chi connectivity index (χ2n) is 3.75. The zero-order valence-corrected chi connectivity index (χ0v) is 10.6. The van der Waals surface area contributed by atoms with Gasteiger partial charge in [-0.15, -0.1) is 0 Å². The standard InChI is InChI=1S/C12H15BrO2/c1-8-6-11(13)7-10(9(8)2)4-3-5-12(14)15/h6-7H,3-5H2,1-2H3,(H,14,15). The predicted molar refractivity (Wildman–Crippen MR) is 64.2 cm³/mol. The molecule has 0 atom stereocenters. The highest BCUT2D eigenvalue weighted by molar-refractivity contribution is 9.10. The van der Waals surface area contributed by atoms with Crippen molar-refractivity contribution >= 4 is 21.9 Å². The summed E-state index contributed by atoms with van der Waals surface area (Å²) < 4.78 is 1.07. The minimum atomic E-state index is -0.723. The molecule has 2 nitrogen and oxygen atoms in total. The molecular formula is C12H15BrO2. The second kappa shape index (κ2) is 5.31. The van der Waals surface area contributed by atoms with Crippen LogP contribution in [0, 0.1) is 13.8 Å². The highest BCUT2D eigenvalue weighted by Crippen LogP contribution is 2.21. The molecule has 0 aliphatic rings. The summed E-state index contributed by atoms with van der Waals surface area (Å²) >= 11 is 3.45. The van der Waals surface area contributed by atoms with E-state index in [9.17, 15) is 4.79 Å². The van der Waals surface area contributed by atoms with Crippen molar-refractivity contribution in [1.29, 1.82) is 0 Å². The summed E-state index contributed by atoms with van der Waals surface area (Å²) in [5.74, 6) is -0.723. The third-order valence-corrected chi connectivity index (χ3v) is 3.03. The maximum absolute atomic E-state index is 10.4. The molecule has 0 spiro atoms. The number of hydrogen-bond donors (Lipinski definition) is 1. The smallest absolute Gasteiger partial charge is 0.303 e. The molecular weight excluding hydrogens is 256 g/mol. The summed E-state index contributed by atoms with van der Waals surface area (Å²) in [6.07, 6.45) is 1.77. The van der Waals surface area contributed by atoms with Crippen LogP contribution in [-0.4, -0.2) is 11.1 Å². The summed E-state index contributed by atoms with van der Waals surface area (Å²) in [6.45, 7) is 4.15. The van der Waals surface area contributed by atoms with Crippen molar-refractivity contribution in [1.82, 2.24) is 0 Å². The molecule has 0 radical (unpaired) electrons. The fourth-order valence-corrected chi connectivity index (χ4v) is 2.19. The zero-order chi connectivity index (χ0) is 11.4. The fraction of sp³-hybridized carbons (Fsp3) is 0.417. The van der Waals surface area contributed by atoms with Crippen LogP contribution in [-0.2, 0) is 11.2 Å². The van der Waals surface area contributed by atoms with Gasteiger partial charge in [0.25, 0.3) is 0 Å². The monoisotopic (exact) mass is 270 g/mol. The number of aliphatic carboxylic acids is 1.